The number of nitrogens with zero attached hydrogens (tertiary/aromatic N) is 4. The minimum atomic E-state index is -4.63. The second kappa shape index (κ2) is 8.70. The second-order valence-electron chi connectivity index (χ2n) is 5.84. The van der Waals surface area contributed by atoms with Crippen molar-refractivity contribution in [2.24, 2.45) is 0 Å². The first-order chi connectivity index (χ1) is 12.5. The summed E-state index contributed by atoms with van der Waals surface area (Å²) >= 11 is 17.6. The lowest BCUT2D eigenvalue weighted by atomic mass is 10.3. The Labute approximate surface area is 168 Å². The van der Waals surface area contributed by atoms with E-state index in [4.69, 9.17) is 34.8 Å². The Balaban J connectivity index is 1.79. The van der Waals surface area contributed by atoms with Crippen LogP contribution in [0, 0.1) is 13.8 Å². The van der Waals surface area contributed by atoms with Gasteiger partial charge in [0.25, 0.3) is 0 Å². The van der Waals surface area contributed by atoms with E-state index in [9.17, 15) is 18.0 Å². The van der Waals surface area contributed by atoms with Gasteiger partial charge in [0.1, 0.15) is 10.2 Å². The van der Waals surface area contributed by atoms with E-state index < -0.39 is 16.9 Å². The molecule has 0 aliphatic rings. The SMILES string of the molecule is Cc1nn(CCCNC(=O)CCn2nc(C(F)(F)F)c(Cl)c2C)c(Cl)c1Cl. The van der Waals surface area contributed by atoms with E-state index >= 15 is 0 Å². The molecule has 6 nitrogen and oxygen atoms in total. The van der Waals surface area contributed by atoms with Crippen LogP contribution in [0.25, 0.3) is 0 Å². The van der Waals surface area contributed by atoms with Crippen LogP contribution >= 0.6 is 34.8 Å². The first-order valence-electron chi connectivity index (χ1n) is 7.97. The molecular weight excluding hydrogens is 430 g/mol. The zero-order valence-corrected chi connectivity index (χ0v) is 16.8. The van der Waals surface area contributed by atoms with Crippen LogP contribution in [0.3, 0.4) is 0 Å². The Morgan fingerprint density at radius 1 is 1.07 bits per heavy atom. The molecule has 0 atom stereocenters. The fourth-order valence-electron chi connectivity index (χ4n) is 2.36. The molecule has 2 aromatic heterocycles. The summed E-state index contributed by atoms with van der Waals surface area (Å²) in [5, 5.41) is 10.6. The molecule has 2 rings (SSSR count). The number of hydrogen-bond acceptors (Lipinski definition) is 3. The van der Waals surface area contributed by atoms with Gasteiger partial charge in [0.05, 0.1) is 23.0 Å². The van der Waals surface area contributed by atoms with Crippen LogP contribution in [-0.4, -0.2) is 32.0 Å². The zero-order valence-electron chi connectivity index (χ0n) is 14.5. The zero-order chi connectivity index (χ0) is 20.4. The topological polar surface area (TPSA) is 64.7 Å². The molecule has 2 aromatic rings. The van der Waals surface area contributed by atoms with Gasteiger partial charge in [-0.05, 0) is 20.3 Å². The van der Waals surface area contributed by atoms with Crippen LogP contribution in [-0.2, 0) is 24.1 Å². The van der Waals surface area contributed by atoms with Gasteiger partial charge in [-0.2, -0.15) is 23.4 Å². The van der Waals surface area contributed by atoms with Crippen LogP contribution in [0.1, 0.15) is 29.9 Å². The summed E-state index contributed by atoms with van der Waals surface area (Å²) in [6.07, 6.45) is -4.10. The van der Waals surface area contributed by atoms with E-state index in [1.165, 1.54) is 6.92 Å². The molecule has 12 heteroatoms. The number of aromatic nitrogens is 4. The van der Waals surface area contributed by atoms with Gasteiger partial charge in [0, 0.05) is 19.5 Å². The number of halogens is 6. The van der Waals surface area contributed by atoms with Gasteiger partial charge in [0.2, 0.25) is 5.91 Å². The summed E-state index contributed by atoms with van der Waals surface area (Å²) in [7, 11) is 0. The molecule has 0 spiro atoms. The predicted octanol–water partition coefficient (Wildman–Crippen LogP) is 4.27. The highest BCUT2D eigenvalue weighted by Gasteiger charge is 2.38. The Kier molecular flexibility index (Phi) is 7.04. The van der Waals surface area contributed by atoms with Gasteiger partial charge < -0.3 is 5.32 Å². The molecular formula is C15H17Cl3F3N5O. The maximum atomic E-state index is 12.8. The Morgan fingerprint density at radius 3 is 2.26 bits per heavy atom. The maximum Gasteiger partial charge on any atom is 0.436 e. The molecule has 2 heterocycles. The van der Waals surface area contributed by atoms with Crippen LogP contribution in [0.15, 0.2) is 0 Å². The molecule has 0 unspecified atom stereocenters. The van der Waals surface area contributed by atoms with Crippen molar-refractivity contribution in [3.8, 4) is 0 Å². The van der Waals surface area contributed by atoms with Crippen LogP contribution in [0.5, 0.6) is 0 Å². The Morgan fingerprint density at radius 2 is 1.74 bits per heavy atom. The molecule has 0 saturated carbocycles. The largest absolute Gasteiger partial charge is 0.436 e. The van der Waals surface area contributed by atoms with E-state index in [0.717, 1.165) is 4.68 Å². The van der Waals surface area contributed by atoms with Crippen molar-refractivity contribution in [2.45, 2.75) is 46.0 Å². The van der Waals surface area contributed by atoms with Crippen molar-refractivity contribution in [2.75, 3.05) is 6.54 Å². The molecule has 0 aromatic carbocycles. The molecule has 0 aliphatic carbocycles. The standard InChI is InChI=1S/C15H17Cl3F3N5O/c1-8-11(16)14(18)26(23-8)6-3-5-22-10(27)4-7-25-9(2)12(17)13(24-25)15(19,20)21/h3-7H2,1-2H3,(H,22,27). The monoisotopic (exact) mass is 445 g/mol. The fourth-order valence-corrected chi connectivity index (χ4v) is 2.99. The van der Waals surface area contributed by atoms with Crippen LogP contribution in [0.2, 0.25) is 15.2 Å². The van der Waals surface area contributed by atoms with E-state index in [1.807, 2.05) is 0 Å². The Hall–Kier alpha value is -1.45. The van der Waals surface area contributed by atoms with Gasteiger partial charge in [0.15, 0.2) is 5.69 Å². The molecule has 27 heavy (non-hydrogen) atoms. The molecule has 150 valence electrons. The minimum Gasteiger partial charge on any atom is -0.356 e. The van der Waals surface area contributed by atoms with Crippen LogP contribution < -0.4 is 5.32 Å². The number of nitrogens with one attached hydrogen (secondary N) is 1. The first kappa shape index (κ1) is 21.8. The molecule has 0 saturated heterocycles. The number of amides is 1. The van der Waals surface area contributed by atoms with Crippen molar-refractivity contribution in [1.82, 2.24) is 24.9 Å². The summed E-state index contributed by atoms with van der Waals surface area (Å²) in [5.41, 5.74) is -0.360. The van der Waals surface area contributed by atoms with Crippen molar-refractivity contribution >= 4 is 40.7 Å². The molecule has 0 bridgehead atoms. The highest BCUT2D eigenvalue weighted by atomic mass is 35.5. The summed E-state index contributed by atoms with van der Waals surface area (Å²) in [6.45, 7) is 3.98. The van der Waals surface area contributed by atoms with E-state index in [-0.39, 0.29) is 24.6 Å². The second-order valence-corrected chi connectivity index (χ2v) is 6.95. The summed E-state index contributed by atoms with van der Waals surface area (Å²) < 4.78 is 41.0. The summed E-state index contributed by atoms with van der Waals surface area (Å²) in [4.78, 5) is 11.9. The molecule has 0 fully saturated rings. The highest BCUT2D eigenvalue weighted by Crippen LogP contribution is 2.35. The number of alkyl halides is 3. The average molecular weight is 447 g/mol. The highest BCUT2D eigenvalue weighted by molar-refractivity contribution is 6.41. The number of aryl methyl sites for hydroxylation is 3. The smallest absolute Gasteiger partial charge is 0.356 e. The molecule has 1 N–H and O–H groups in total. The number of rotatable bonds is 7. The molecule has 0 radical (unpaired) electrons. The number of carbonyl (C=O) groups excluding carboxylic acids is 1. The van der Waals surface area contributed by atoms with Gasteiger partial charge >= 0.3 is 6.18 Å². The van der Waals surface area contributed by atoms with Crippen molar-refractivity contribution in [1.29, 1.82) is 0 Å². The Bertz CT molecular complexity index is 832. The van der Waals surface area contributed by atoms with Crippen molar-refractivity contribution in [3.05, 3.63) is 32.3 Å². The lowest BCUT2D eigenvalue weighted by Gasteiger charge is -2.07. The average Bonchev–Trinajstić information content (AvgIpc) is 3.01. The van der Waals surface area contributed by atoms with Gasteiger partial charge in [-0.15, -0.1) is 0 Å². The third kappa shape index (κ3) is 5.30. The quantitative estimate of drug-likeness (QED) is 0.646. The van der Waals surface area contributed by atoms with Gasteiger partial charge in [-0.25, -0.2) is 0 Å². The number of carbonyl (C=O) groups is 1. The van der Waals surface area contributed by atoms with E-state index in [1.54, 1.807) is 11.6 Å². The third-order valence-corrected chi connectivity index (χ3v) is 5.20. The molecule has 0 aliphatic heterocycles. The van der Waals surface area contributed by atoms with Crippen LogP contribution in [0.4, 0.5) is 13.2 Å². The minimum absolute atomic E-state index is 0.00669. The van der Waals surface area contributed by atoms with Crippen molar-refractivity contribution in [3.63, 3.8) is 0 Å². The fraction of sp³-hybridized carbons (Fsp3) is 0.533. The summed E-state index contributed by atoms with van der Waals surface area (Å²) in [6, 6.07) is 0. The van der Waals surface area contributed by atoms with Crippen molar-refractivity contribution < 1.29 is 18.0 Å². The summed E-state index contributed by atoms with van der Waals surface area (Å²) in [5.74, 6) is -0.310. The normalized spacial score (nSPS) is 11.9. The lowest BCUT2D eigenvalue weighted by Crippen LogP contribution is -2.26. The number of hydrogen-bond donors (Lipinski definition) is 1. The lowest BCUT2D eigenvalue weighted by molar-refractivity contribution is -0.141. The van der Waals surface area contributed by atoms with E-state index in [0.29, 0.717) is 35.4 Å². The first-order valence-corrected chi connectivity index (χ1v) is 9.11. The molecule has 1 amide bonds. The third-order valence-electron chi connectivity index (χ3n) is 3.82. The van der Waals surface area contributed by atoms with Gasteiger partial charge in [-0.3, -0.25) is 14.2 Å². The van der Waals surface area contributed by atoms with Gasteiger partial charge in [-0.1, -0.05) is 34.8 Å². The maximum absolute atomic E-state index is 12.8. The van der Waals surface area contributed by atoms with E-state index in [2.05, 4.69) is 15.5 Å². The predicted molar refractivity (Wildman–Crippen MR) is 96.2 cm³/mol.